The SMILES string of the molecule is O=C(NCCCC[C@@H](C(=O)NCc1ccccc1)N1Cc2[nH]c3ccccc3c2C[C@@H](NC(=O)N2CCN(S(=O)(=O)c3ccccc3)CC2)C1=O)OCc1ccccc1. The summed E-state index contributed by atoms with van der Waals surface area (Å²) in [5.74, 6) is -0.738. The van der Waals surface area contributed by atoms with Gasteiger partial charge in [-0.05, 0) is 54.2 Å². The molecule has 1 fully saturated rings. The molecule has 5 amide bonds. The summed E-state index contributed by atoms with van der Waals surface area (Å²) in [4.78, 5) is 62.0. The Morgan fingerprint density at radius 2 is 1.42 bits per heavy atom. The van der Waals surface area contributed by atoms with Crippen LogP contribution in [-0.4, -0.2) is 96.3 Å². The van der Waals surface area contributed by atoms with Crippen LogP contribution in [0.2, 0.25) is 0 Å². The van der Waals surface area contributed by atoms with Crippen LogP contribution in [0.1, 0.15) is 41.6 Å². The maximum atomic E-state index is 14.7. The molecule has 1 saturated heterocycles. The predicted molar refractivity (Wildman–Crippen MR) is 222 cm³/mol. The highest BCUT2D eigenvalue weighted by atomic mass is 32.2. The van der Waals surface area contributed by atoms with Crippen LogP contribution in [0.3, 0.4) is 0 Å². The maximum Gasteiger partial charge on any atom is 0.407 e. The standard InChI is InChI=1S/C44H49N7O7S/c52-41(46-29-32-14-4-1-5-15-32)40(22-12-13-23-45-44(55)58-31-33-16-6-2-7-17-33)51-30-39-36(35-20-10-11-21-37(35)47-39)28-38(42(51)53)48-43(54)49-24-26-50(27-25-49)59(56,57)34-18-8-3-9-19-34/h1-11,14-21,38,40,47H,12-13,22-31H2,(H,45,55)(H,46,52)(H,48,54)/t38-,40+/m1/s1. The summed E-state index contributed by atoms with van der Waals surface area (Å²) in [5, 5.41) is 9.70. The zero-order chi connectivity index (χ0) is 41.2. The van der Waals surface area contributed by atoms with Crippen LogP contribution in [0, 0.1) is 0 Å². The van der Waals surface area contributed by atoms with E-state index in [1.165, 1.54) is 9.21 Å². The highest BCUT2D eigenvalue weighted by Crippen LogP contribution is 2.30. The number of aromatic amines is 1. The molecule has 14 nitrogen and oxygen atoms in total. The summed E-state index contributed by atoms with van der Waals surface area (Å²) in [7, 11) is -3.73. The van der Waals surface area contributed by atoms with E-state index in [9.17, 15) is 27.6 Å². The molecule has 1 aromatic heterocycles. The van der Waals surface area contributed by atoms with Gasteiger partial charge in [0, 0.05) is 62.3 Å². The van der Waals surface area contributed by atoms with E-state index >= 15 is 0 Å². The molecular weight excluding hydrogens is 771 g/mol. The Bertz CT molecular complexity index is 2330. The van der Waals surface area contributed by atoms with E-state index in [1.54, 1.807) is 35.2 Å². The first-order valence-corrected chi connectivity index (χ1v) is 21.4. The quantitative estimate of drug-likeness (QED) is 0.115. The van der Waals surface area contributed by atoms with Crippen molar-refractivity contribution in [3.05, 3.63) is 138 Å². The van der Waals surface area contributed by atoms with Crippen molar-refractivity contribution in [2.24, 2.45) is 0 Å². The molecule has 4 aromatic carbocycles. The molecule has 4 N–H and O–H groups in total. The van der Waals surface area contributed by atoms with Gasteiger partial charge in [0.2, 0.25) is 21.8 Å². The van der Waals surface area contributed by atoms with E-state index in [4.69, 9.17) is 4.74 Å². The smallest absolute Gasteiger partial charge is 0.407 e. The summed E-state index contributed by atoms with van der Waals surface area (Å²) in [6, 6.07) is 32.4. The number of hydrogen-bond donors (Lipinski definition) is 4. The number of rotatable bonds is 14. The third kappa shape index (κ3) is 10.1. The number of H-pyrrole nitrogens is 1. The van der Waals surface area contributed by atoms with Crippen molar-refractivity contribution in [1.82, 2.24) is 35.0 Å². The van der Waals surface area contributed by atoms with Crippen molar-refractivity contribution in [3.63, 3.8) is 0 Å². The summed E-state index contributed by atoms with van der Waals surface area (Å²) in [6.07, 6.45) is 0.961. The molecule has 2 atom stereocenters. The highest BCUT2D eigenvalue weighted by molar-refractivity contribution is 7.89. The number of carbonyl (C=O) groups excluding carboxylic acids is 4. The number of amides is 5. The van der Waals surface area contributed by atoms with Crippen LogP contribution in [0.4, 0.5) is 9.59 Å². The number of piperazine rings is 1. The monoisotopic (exact) mass is 819 g/mol. The fraction of sp³-hybridized carbons (Fsp3) is 0.318. The Labute approximate surface area is 344 Å². The van der Waals surface area contributed by atoms with E-state index in [1.807, 2.05) is 84.9 Å². The van der Waals surface area contributed by atoms with Crippen molar-refractivity contribution < 1.29 is 32.3 Å². The highest BCUT2D eigenvalue weighted by Gasteiger charge is 2.39. The summed E-state index contributed by atoms with van der Waals surface area (Å²) >= 11 is 0. The average molecular weight is 820 g/mol. The number of hydrogen-bond acceptors (Lipinski definition) is 7. The Morgan fingerprint density at radius 3 is 2.14 bits per heavy atom. The van der Waals surface area contributed by atoms with Crippen LogP contribution < -0.4 is 16.0 Å². The lowest BCUT2D eigenvalue weighted by molar-refractivity contribution is -0.142. The molecule has 0 aliphatic carbocycles. The number of nitrogens with one attached hydrogen (secondary N) is 4. The van der Waals surface area contributed by atoms with Crippen molar-refractivity contribution in [1.29, 1.82) is 0 Å². The van der Waals surface area contributed by atoms with Gasteiger partial charge in [-0.15, -0.1) is 0 Å². The average Bonchev–Trinajstić information content (AvgIpc) is 3.55. The van der Waals surface area contributed by atoms with Crippen molar-refractivity contribution in [3.8, 4) is 0 Å². The molecule has 0 bridgehead atoms. The largest absolute Gasteiger partial charge is 0.445 e. The van der Waals surface area contributed by atoms with E-state index in [0.717, 1.165) is 33.3 Å². The van der Waals surface area contributed by atoms with E-state index in [2.05, 4.69) is 20.9 Å². The summed E-state index contributed by atoms with van der Waals surface area (Å²) in [5.41, 5.74) is 4.31. The molecule has 0 unspecified atom stereocenters. The fourth-order valence-electron chi connectivity index (χ4n) is 7.61. The molecule has 15 heteroatoms. The molecule has 7 rings (SSSR count). The second-order valence-corrected chi connectivity index (χ2v) is 16.6. The van der Waals surface area contributed by atoms with Crippen LogP contribution in [-0.2, 0) is 50.5 Å². The number of benzene rings is 4. The van der Waals surface area contributed by atoms with Crippen LogP contribution in [0.15, 0.2) is 120 Å². The molecule has 0 saturated carbocycles. The van der Waals surface area contributed by atoms with Gasteiger partial charge in [-0.3, -0.25) is 9.59 Å². The molecule has 2 aliphatic heterocycles. The first-order valence-electron chi connectivity index (χ1n) is 19.9. The first-order chi connectivity index (χ1) is 28.7. The van der Waals surface area contributed by atoms with E-state index in [0.29, 0.717) is 25.8 Å². The Morgan fingerprint density at radius 1 is 0.780 bits per heavy atom. The van der Waals surface area contributed by atoms with Crippen molar-refractivity contribution in [2.45, 2.75) is 62.4 Å². The van der Waals surface area contributed by atoms with E-state index in [-0.39, 0.29) is 63.1 Å². The number of unbranched alkanes of at least 4 members (excludes halogenated alkanes) is 1. The zero-order valence-electron chi connectivity index (χ0n) is 32.7. The fourth-order valence-corrected chi connectivity index (χ4v) is 9.06. The second-order valence-electron chi connectivity index (χ2n) is 14.7. The van der Waals surface area contributed by atoms with Crippen LogP contribution >= 0.6 is 0 Å². The summed E-state index contributed by atoms with van der Waals surface area (Å²) in [6.45, 7) is 1.31. The second kappa shape index (κ2) is 19.0. The first kappa shape index (κ1) is 41.0. The van der Waals surface area contributed by atoms with Gasteiger partial charge < -0.3 is 35.5 Å². The molecule has 0 spiro atoms. The number of aromatic nitrogens is 1. The molecule has 2 aliphatic rings. The Kier molecular flexibility index (Phi) is 13.2. The molecular formula is C44H49N7O7S. The minimum absolute atomic E-state index is 0.102. The number of carbonyl (C=O) groups is 4. The van der Waals surface area contributed by atoms with Gasteiger partial charge in [-0.25, -0.2) is 18.0 Å². The minimum atomic E-state index is -3.73. The van der Waals surface area contributed by atoms with Gasteiger partial charge in [0.15, 0.2) is 0 Å². The number of alkyl carbamates (subject to hydrolysis) is 1. The third-order valence-electron chi connectivity index (χ3n) is 10.8. The topological polar surface area (TPSA) is 173 Å². The zero-order valence-corrected chi connectivity index (χ0v) is 33.5. The van der Waals surface area contributed by atoms with Gasteiger partial charge in [-0.2, -0.15) is 4.31 Å². The van der Waals surface area contributed by atoms with Gasteiger partial charge >= 0.3 is 12.1 Å². The number of fused-ring (bicyclic) bond motifs is 3. The Balaban J connectivity index is 1.06. The molecule has 0 radical (unpaired) electrons. The minimum Gasteiger partial charge on any atom is -0.445 e. The number of ether oxygens (including phenoxy) is 1. The number of nitrogens with zero attached hydrogens (tertiary/aromatic N) is 3. The van der Waals surface area contributed by atoms with Gasteiger partial charge in [0.25, 0.3) is 0 Å². The molecule has 3 heterocycles. The van der Waals surface area contributed by atoms with Crippen LogP contribution in [0.25, 0.3) is 10.9 Å². The lowest BCUT2D eigenvalue weighted by atomic mass is 10.0. The van der Waals surface area contributed by atoms with Gasteiger partial charge in [0.05, 0.1) is 11.4 Å². The summed E-state index contributed by atoms with van der Waals surface area (Å²) < 4.78 is 33.2. The van der Waals surface area contributed by atoms with E-state index < -0.39 is 40.1 Å². The molecule has 5 aromatic rings. The van der Waals surface area contributed by atoms with Gasteiger partial charge in [0.1, 0.15) is 18.7 Å². The lowest BCUT2D eigenvalue weighted by Gasteiger charge is -2.36. The van der Waals surface area contributed by atoms with Crippen molar-refractivity contribution in [2.75, 3.05) is 32.7 Å². The van der Waals surface area contributed by atoms with Crippen molar-refractivity contribution >= 4 is 44.9 Å². The molecule has 59 heavy (non-hydrogen) atoms. The number of para-hydroxylation sites is 1. The maximum absolute atomic E-state index is 14.7. The molecule has 308 valence electrons. The predicted octanol–water partition coefficient (Wildman–Crippen LogP) is 4.92. The van der Waals surface area contributed by atoms with Crippen LogP contribution in [0.5, 0.6) is 0 Å². The lowest BCUT2D eigenvalue weighted by Crippen LogP contribution is -2.58. The normalized spacial score (nSPS) is 16.5. The Hall–Kier alpha value is -6.19. The third-order valence-corrected chi connectivity index (χ3v) is 12.7. The van der Waals surface area contributed by atoms with Gasteiger partial charge in [-0.1, -0.05) is 97.1 Å². The number of sulfonamides is 1. The number of urea groups is 1.